The van der Waals surface area contributed by atoms with Crippen molar-refractivity contribution in [2.75, 3.05) is 30.8 Å². The van der Waals surface area contributed by atoms with Crippen LogP contribution in [0.25, 0.3) is 0 Å². The number of non-ortho nitro benzene ring substituents is 1. The van der Waals surface area contributed by atoms with E-state index in [1.54, 1.807) is 36.2 Å². The summed E-state index contributed by atoms with van der Waals surface area (Å²) in [5, 5.41) is 16.7. The SMILES string of the molecule is CN(CCC(=O)Nc1cccc([N+](=O)[O-])c1)CC(=O)Nc1c(Cl)cccc1Cl. The first-order chi connectivity index (χ1) is 13.3. The largest absolute Gasteiger partial charge is 0.326 e. The summed E-state index contributed by atoms with van der Waals surface area (Å²) in [4.78, 5) is 36.0. The monoisotopic (exact) mass is 424 g/mol. The van der Waals surface area contributed by atoms with Gasteiger partial charge in [0.25, 0.3) is 5.69 Å². The number of nitrogens with one attached hydrogen (secondary N) is 2. The first-order valence-electron chi connectivity index (χ1n) is 8.23. The Kier molecular flexibility index (Phi) is 7.74. The number of amides is 2. The van der Waals surface area contributed by atoms with Gasteiger partial charge in [0.15, 0.2) is 0 Å². The summed E-state index contributed by atoms with van der Waals surface area (Å²) in [5.74, 6) is -0.640. The van der Waals surface area contributed by atoms with Gasteiger partial charge in [-0.3, -0.25) is 24.6 Å². The van der Waals surface area contributed by atoms with Gasteiger partial charge in [0, 0.05) is 30.8 Å². The molecule has 0 heterocycles. The third-order valence-electron chi connectivity index (χ3n) is 3.70. The van der Waals surface area contributed by atoms with Gasteiger partial charge in [-0.1, -0.05) is 35.3 Å². The Morgan fingerprint density at radius 2 is 1.71 bits per heavy atom. The fourth-order valence-corrected chi connectivity index (χ4v) is 2.83. The van der Waals surface area contributed by atoms with Crippen LogP contribution in [0.1, 0.15) is 6.42 Å². The van der Waals surface area contributed by atoms with E-state index in [1.165, 1.54) is 18.2 Å². The van der Waals surface area contributed by atoms with E-state index >= 15 is 0 Å². The number of rotatable bonds is 8. The highest BCUT2D eigenvalue weighted by Crippen LogP contribution is 2.29. The highest BCUT2D eigenvalue weighted by molar-refractivity contribution is 6.39. The third kappa shape index (κ3) is 6.49. The lowest BCUT2D eigenvalue weighted by molar-refractivity contribution is -0.384. The number of nitrogens with zero attached hydrogens (tertiary/aromatic N) is 2. The number of likely N-dealkylation sites (N-methyl/N-ethyl adjacent to an activating group) is 1. The molecule has 0 aliphatic heterocycles. The van der Waals surface area contributed by atoms with Crippen molar-refractivity contribution >= 4 is 52.1 Å². The van der Waals surface area contributed by atoms with E-state index in [9.17, 15) is 19.7 Å². The summed E-state index contributed by atoms with van der Waals surface area (Å²) in [6, 6.07) is 10.6. The maximum atomic E-state index is 12.1. The Bertz CT molecular complexity index is 871. The number of benzene rings is 2. The van der Waals surface area contributed by atoms with Gasteiger partial charge in [0.2, 0.25) is 11.8 Å². The van der Waals surface area contributed by atoms with Crippen molar-refractivity contribution < 1.29 is 14.5 Å². The van der Waals surface area contributed by atoms with Gasteiger partial charge in [0.1, 0.15) is 0 Å². The Labute approximate surface area is 171 Å². The number of nitro groups is 1. The zero-order valence-corrected chi connectivity index (χ0v) is 16.5. The number of anilines is 2. The van der Waals surface area contributed by atoms with Crippen molar-refractivity contribution in [3.05, 3.63) is 62.6 Å². The van der Waals surface area contributed by atoms with E-state index in [1.807, 2.05) is 0 Å². The van der Waals surface area contributed by atoms with Crippen molar-refractivity contribution in [2.24, 2.45) is 0 Å². The van der Waals surface area contributed by atoms with Crippen LogP contribution in [0.2, 0.25) is 10.0 Å². The Morgan fingerprint density at radius 1 is 1.07 bits per heavy atom. The lowest BCUT2D eigenvalue weighted by atomic mass is 10.2. The first-order valence-corrected chi connectivity index (χ1v) is 8.98. The second-order valence-corrected chi connectivity index (χ2v) is 6.80. The molecule has 8 nitrogen and oxygen atoms in total. The molecule has 0 bridgehead atoms. The second kappa shape index (κ2) is 10.0. The van der Waals surface area contributed by atoms with Crippen molar-refractivity contribution in [3.63, 3.8) is 0 Å². The average Bonchev–Trinajstić information content (AvgIpc) is 2.63. The van der Waals surface area contributed by atoms with E-state index in [-0.39, 0.29) is 30.5 Å². The van der Waals surface area contributed by atoms with E-state index in [2.05, 4.69) is 10.6 Å². The van der Waals surface area contributed by atoms with Crippen LogP contribution in [-0.2, 0) is 9.59 Å². The highest BCUT2D eigenvalue weighted by atomic mass is 35.5. The molecular weight excluding hydrogens is 407 g/mol. The minimum Gasteiger partial charge on any atom is -0.326 e. The molecule has 0 atom stereocenters. The molecular formula is C18H18Cl2N4O4. The number of halogens is 2. The first kappa shape index (κ1) is 21.6. The summed E-state index contributed by atoms with van der Waals surface area (Å²) >= 11 is 12.0. The van der Waals surface area contributed by atoms with Crippen molar-refractivity contribution in [1.82, 2.24) is 4.90 Å². The average molecular weight is 425 g/mol. The zero-order valence-electron chi connectivity index (χ0n) is 14.9. The molecule has 0 aliphatic rings. The Balaban J connectivity index is 1.80. The lowest BCUT2D eigenvalue weighted by Crippen LogP contribution is -2.32. The van der Waals surface area contributed by atoms with Gasteiger partial charge < -0.3 is 10.6 Å². The molecule has 2 amide bonds. The van der Waals surface area contributed by atoms with E-state index in [0.29, 0.717) is 28.0 Å². The Morgan fingerprint density at radius 3 is 2.36 bits per heavy atom. The summed E-state index contributed by atoms with van der Waals surface area (Å²) in [6.07, 6.45) is 0.110. The van der Waals surface area contributed by atoms with E-state index < -0.39 is 4.92 Å². The summed E-state index contributed by atoms with van der Waals surface area (Å²) < 4.78 is 0. The van der Waals surface area contributed by atoms with Crippen molar-refractivity contribution in [3.8, 4) is 0 Å². The second-order valence-electron chi connectivity index (χ2n) is 5.99. The normalized spacial score (nSPS) is 10.6. The molecule has 0 saturated carbocycles. The summed E-state index contributed by atoms with van der Waals surface area (Å²) in [6.45, 7) is 0.343. The van der Waals surface area contributed by atoms with Gasteiger partial charge in [-0.15, -0.1) is 0 Å². The predicted molar refractivity (Wildman–Crippen MR) is 109 cm³/mol. The van der Waals surface area contributed by atoms with Gasteiger partial charge in [0.05, 0.1) is 27.2 Å². The Hall–Kier alpha value is -2.68. The highest BCUT2D eigenvalue weighted by Gasteiger charge is 2.13. The predicted octanol–water partition coefficient (Wildman–Crippen LogP) is 3.80. The number of nitro benzene ring substituents is 1. The number of hydrogen-bond donors (Lipinski definition) is 2. The summed E-state index contributed by atoms with van der Waals surface area (Å²) in [5.41, 5.74) is 0.574. The van der Waals surface area contributed by atoms with Gasteiger partial charge in [-0.2, -0.15) is 0 Å². The number of carbonyl (C=O) groups is 2. The van der Waals surface area contributed by atoms with Crippen LogP contribution in [0.5, 0.6) is 0 Å². The van der Waals surface area contributed by atoms with Crippen molar-refractivity contribution in [1.29, 1.82) is 0 Å². The topological polar surface area (TPSA) is 105 Å². The fraction of sp³-hybridized carbons (Fsp3) is 0.222. The smallest absolute Gasteiger partial charge is 0.271 e. The molecule has 0 radical (unpaired) electrons. The minimum absolute atomic E-state index is 0.0334. The molecule has 0 spiro atoms. The lowest BCUT2D eigenvalue weighted by Gasteiger charge is -2.17. The molecule has 2 N–H and O–H groups in total. The molecule has 28 heavy (non-hydrogen) atoms. The molecule has 0 aliphatic carbocycles. The molecule has 0 unspecified atom stereocenters. The van der Waals surface area contributed by atoms with Gasteiger partial charge in [-0.25, -0.2) is 0 Å². The molecule has 148 valence electrons. The number of carbonyl (C=O) groups excluding carboxylic acids is 2. The van der Waals surface area contributed by atoms with Crippen LogP contribution >= 0.6 is 23.2 Å². The standard InChI is InChI=1S/C18H18Cl2N4O4/c1-23(11-17(26)22-18-14(19)6-3-7-15(18)20)9-8-16(25)21-12-4-2-5-13(10-12)24(27)28/h2-7,10H,8-9,11H2,1H3,(H,21,25)(H,22,26). The molecule has 2 rings (SSSR count). The summed E-state index contributed by atoms with van der Waals surface area (Å²) in [7, 11) is 1.69. The molecule has 0 fully saturated rings. The van der Waals surface area contributed by atoms with E-state index in [4.69, 9.17) is 23.2 Å². The zero-order chi connectivity index (χ0) is 20.7. The molecule has 10 heteroatoms. The fourth-order valence-electron chi connectivity index (χ4n) is 2.33. The maximum absolute atomic E-state index is 12.1. The van der Waals surface area contributed by atoms with Crippen LogP contribution in [-0.4, -0.2) is 41.8 Å². The van der Waals surface area contributed by atoms with Crippen LogP contribution < -0.4 is 10.6 Å². The molecule has 0 aromatic heterocycles. The third-order valence-corrected chi connectivity index (χ3v) is 4.33. The molecule has 2 aromatic carbocycles. The van der Waals surface area contributed by atoms with Gasteiger partial charge >= 0.3 is 0 Å². The number of para-hydroxylation sites is 1. The molecule has 0 saturated heterocycles. The van der Waals surface area contributed by atoms with Crippen molar-refractivity contribution in [2.45, 2.75) is 6.42 Å². The molecule has 2 aromatic rings. The number of hydrogen-bond acceptors (Lipinski definition) is 5. The van der Waals surface area contributed by atoms with Crippen LogP contribution in [0.4, 0.5) is 17.1 Å². The van der Waals surface area contributed by atoms with Crippen LogP contribution in [0, 0.1) is 10.1 Å². The maximum Gasteiger partial charge on any atom is 0.271 e. The van der Waals surface area contributed by atoms with Gasteiger partial charge in [-0.05, 0) is 25.2 Å². The quantitative estimate of drug-likeness (QED) is 0.495. The van der Waals surface area contributed by atoms with Crippen LogP contribution in [0.15, 0.2) is 42.5 Å². The van der Waals surface area contributed by atoms with Crippen LogP contribution in [0.3, 0.4) is 0 Å². The minimum atomic E-state index is -0.534. The van der Waals surface area contributed by atoms with E-state index in [0.717, 1.165) is 0 Å².